The van der Waals surface area contributed by atoms with Crippen LogP contribution in [0.3, 0.4) is 0 Å². The number of rotatable bonds is 5. The van der Waals surface area contributed by atoms with Crippen LogP contribution in [0.25, 0.3) is 0 Å². The monoisotopic (exact) mass is 539 g/mol. The van der Waals surface area contributed by atoms with Crippen LogP contribution in [0.5, 0.6) is 0 Å². The lowest BCUT2D eigenvalue weighted by Gasteiger charge is -2.31. The molecule has 39 heavy (non-hydrogen) atoms. The van der Waals surface area contributed by atoms with Crippen molar-refractivity contribution in [3.63, 3.8) is 0 Å². The molecule has 1 atom stereocenters. The number of aryl methyl sites for hydroxylation is 1. The van der Waals surface area contributed by atoms with Crippen molar-refractivity contribution >= 4 is 11.7 Å². The van der Waals surface area contributed by atoms with E-state index in [2.05, 4.69) is 32.0 Å². The normalized spacial score (nSPS) is 21.5. The fraction of sp³-hybridized carbons (Fsp3) is 0.536. The second kappa shape index (κ2) is 9.69. The van der Waals surface area contributed by atoms with Gasteiger partial charge < -0.3 is 4.57 Å². The van der Waals surface area contributed by atoms with Gasteiger partial charge in [-0.15, -0.1) is 10.2 Å². The highest BCUT2D eigenvalue weighted by Gasteiger charge is 2.44. The van der Waals surface area contributed by atoms with Gasteiger partial charge in [0.15, 0.2) is 0 Å². The van der Waals surface area contributed by atoms with Crippen LogP contribution in [-0.4, -0.2) is 48.6 Å². The molecule has 0 unspecified atom stereocenters. The Morgan fingerprint density at radius 3 is 2.59 bits per heavy atom. The molecule has 11 heteroatoms. The molecule has 1 saturated carbocycles. The van der Waals surface area contributed by atoms with Crippen molar-refractivity contribution in [2.75, 3.05) is 18.0 Å². The minimum atomic E-state index is -4.57. The average Bonchev–Trinajstić information content (AvgIpc) is 3.63. The molecule has 206 valence electrons. The van der Waals surface area contributed by atoms with E-state index < -0.39 is 23.1 Å². The molecule has 3 aromatic rings. The van der Waals surface area contributed by atoms with Gasteiger partial charge in [0, 0.05) is 31.8 Å². The summed E-state index contributed by atoms with van der Waals surface area (Å²) in [6.45, 7) is 4.06. The van der Waals surface area contributed by atoms with Crippen molar-refractivity contribution in [3.8, 4) is 0 Å². The van der Waals surface area contributed by atoms with E-state index in [1.54, 1.807) is 18.5 Å². The number of likely N-dealkylation sites (tertiary alicyclic amines) is 1. The minimum Gasteiger partial charge on any atom is -0.320 e. The zero-order chi connectivity index (χ0) is 27.4. The number of benzene rings is 1. The van der Waals surface area contributed by atoms with Crippen molar-refractivity contribution in [1.29, 1.82) is 0 Å². The topological polar surface area (TPSA) is 80.0 Å². The first-order valence-electron chi connectivity index (χ1n) is 13.6. The number of alkyl halides is 3. The molecule has 6 rings (SSSR count). The van der Waals surface area contributed by atoms with E-state index in [-0.39, 0.29) is 17.7 Å². The molecular formula is C28H32F3N7O. The second-order valence-electron chi connectivity index (χ2n) is 11.4. The van der Waals surface area contributed by atoms with E-state index in [9.17, 15) is 18.0 Å². The van der Waals surface area contributed by atoms with Crippen LogP contribution >= 0.6 is 0 Å². The number of amides is 1. The molecule has 2 aliphatic heterocycles. The van der Waals surface area contributed by atoms with E-state index in [1.165, 1.54) is 17.3 Å². The number of fused-ring (bicyclic) bond motifs is 1. The molecule has 1 aromatic carbocycles. The number of carbonyl (C=O) groups is 1. The second-order valence-corrected chi connectivity index (χ2v) is 11.4. The Hall–Kier alpha value is -3.34. The summed E-state index contributed by atoms with van der Waals surface area (Å²) >= 11 is 0. The van der Waals surface area contributed by atoms with E-state index in [1.807, 2.05) is 11.6 Å². The molecule has 4 heterocycles. The van der Waals surface area contributed by atoms with E-state index in [0.29, 0.717) is 29.5 Å². The lowest BCUT2D eigenvalue weighted by molar-refractivity contribution is -0.138. The maximum atomic E-state index is 14.2. The van der Waals surface area contributed by atoms with Gasteiger partial charge >= 0.3 is 6.18 Å². The Balaban J connectivity index is 1.35. The molecule has 8 nitrogen and oxygen atoms in total. The number of carbonyl (C=O) groups excluding carboxylic acids is 1. The Labute approximate surface area is 225 Å². The summed E-state index contributed by atoms with van der Waals surface area (Å²) in [6, 6.07) is 4.61. The molecule has 1 amide bonds. The molecule has 2 fully saturated rings. The molecule has 0 N–H and O–H groups in total. The predicted octanol–water partition coefficient (Wildman–Crippen LogP) is 4.88. The zero-order valence-corrected chi connectivity index (χ0v) is 22.2. The van der Waals surface area contributed by atoms with Crippen LogP contribution in [0, 0.1) is 5.92 Å². The quantitative estimate of drug-likeness (QED) is 0.460. The summed E-state index contributed by atoms with van der Waals surface area (Å²) in [5, 5.41) is 8.42. The molecule has 0 spiro atoms. The van der Waals surface area contributed by atoms with Crippen LogP contribution in [0.15, 0.2) is 30.9 Å². The van der Waals surface area contributed by atoms with Gasteiger partial charge in [-0.25, -0.2) is 9.97 Å². The van der Waals surface area contributed by atoms with Gasteiger partial charge in [0.1, 0.15) is 24.3 Å². The van der Waals surface area contributed by atoms with E-state index in [0.717, 1.165) is 57.4 Å². The summed E-state index contributed by atoms with van der Waals surface area (Å²) in [6.07, 6.45) is 4.26. The summed E-state index contributed by atoms with van der Waals surface area (Å²) < 4.78 is 44.6. The fourth-order valence-corrected chi connectivity index (χ4v) is 6.73. The van der Waals surface area contributed by atoms with Crippen LogP contribution in [-0.2, 0) is 31.7 Å². The van der Waals surface area contributed by atoms with Crippen LogP contribution in [0.4, 0.5) is 19.0 Å². The molecular weight excluding hydrogens is 507 g/mol. The Bertz CT molecular complexity index is 1400. The van der Waals surface area contributed by atoms with Crippen molar-refractivity contribution < 1.29 is 18.0 Å². The summed E-state index contributed by atoms with van der Waals surface area (Å²) in [5.41, 5.74) is 0.119. The van der Waals surface area contributed by atoms with Gasteiger partial charge in [-0.3, -0.25) is 14.6 Å². The van der Waals surface area contributed by atoms with Gasteiger partial charge in [0.2, 0.25) is 0 Å². The molecule has 0 radical (unpaired) electrons. The number of piperidine rings is 1. The molecule has 0 bridgehead atoms. The van der Waals surface area contributed by atoms with Crippen molar-refractivity contribution in [2.24, 2.45) is 13.0 Å². The van der Waals surface area contributed by atoms with E-state index in [4.69, 9.17) is 0 Å². The number of anilines is 1. The molecule has 2 aromatic heterocycles. The Kier molecular flexibility index (Phi) is 6.44. The van der Waals surface area contributed by atoms with E-state index >= 15 is 0 Å². The first kappa shape index (κ1) is 25.9. The van der Waals surface area contributed by atoms with Gasteiger partial charge in [-0.1, -0.05) is 19.8 Å². The highest BCUT2D eigenvalue weighted by atomic mass is 19.4. The number of hydrogen-bond donors (Lipinski definition) is 0. The predicted molar refractivity (Wildman–Crippen MR) is 138 cm³/mol. The third-order valence-electron chi connectivity index (χ3n) is 8.57. The minimum absolute atomic E-state index is 0.00676. The fourth-order valence-electron chi connectivity index (χ4n) is 6.73. The van der Waals surface area contributed by atoms with Crippen LogP contribution in [0.2, 0.25) is 0 Å². The van der Waals surface area contributed by atoms with Crippen LogP contribution in [0.1, 0.15) is 84.0 Å². The van der Waals surface area contributed by atoms with Crippen LogP contribution < -0.4 is 4.90 Å². The number of halogens is 3. The lowest BCUT2D eigenvalue weighted by atomic mass is 9.81. The number of hydrogen-bond acceptors (Lipinski definition) is 6. The van der Waals surface area contributed by atoms with Crippen molar-refractivity contribution in [3.05, 3.63) is 64.6 Å². The van der Waals surface area contributed by atoms with Gasteiger partial charge in [-0.2, -0.15) is 13.2 Å². The van der Waals surface area contributed by atoms with Crippen molar-refractivity contribution in [1.82, 2.24) is 29.6 Å². The average molecular weight is 540 g/mol. The standard InChI is InChI=1S/C28H32F3N7O/c1-18-6-5-9-37(13-18)14-19-10-20-21(22(11-19)28(29,30)31)15-38(25(20)39)24-12-23(32-16-33-24)27(7-3-4-8-27)26-35-34-17-36(26)2/h10-12,16-18H,3-9,13-15H2,1-2H3/t18-/m0/s1. The van der Waals surface area contributed by atoms with Gasteiger partial charge in [-0.05, 0) is 61.4 Å². The first-order chi connectivity index (χ1) is 18.7. The zero-order valence-electron chi connectivity index (χ0n) is 22.2. The summed E-state index contributed by atoms with van der Waals surface area (Å²) in [5.74, 6) is 1.13. The number of aromatic nitrogens is 5. The molecule has 3 aliphatic rings. The van der Waals surface area contributed by atoms with Crippen molar-refractivity contribution in [2.45, 2.75) is 70.1 Å². The first-order valence-corrected chi connectivity index (χ1v) is 13.6. The highest BCUT2D eigenvalue weighted by molar-refractivity contribution is 6.10. The Morgan fingerprint density at radius 2 is 1.90 bits per heavy atom. The highest BCUT2D eigenvalue weighted by Crippen LogP contribution is 2.46. The third kappa shape index (κ3) is 4.60. The largest absolute Gasteiger partial charge is 0.416 e. The lowest BCUT2D eigenvalue weighted by Crippen LogP contribution is -2.33. The van der Waals surface area contributed by atoms with Gasteiger partial charge in [0.25, 0.3) is 5.91 Å². The molecule has 1 aliphatic carbocycles. The summed E-state index contributed by atoms with van der Waals surface area (Å²) in [4.78, 5) is 26.1. The smallest absolute Gasteiger partial charge is 0.320 e. The SMILES string of the molecule is C[C@H]1CCCN(Cc2cc3c(c(C(F)(F)F)c2)CN(c2cc(C4(c5nncn5C)CCCC4)ncn2)C3=O)C1. The third-order valence-corrected chi connectivity index (χ3v) is 8.57. The maximum absolute atomic E-state index is 14.2. The molecule has 1 saturated heterocycles. The Morgan fingerprint density at radius 1 is 1.10 bits per heavy atom. The van der Waals surface area contributed by atoms with Gasteiger partial charge in [0.05, 0.1) is 23.2 Å². The maximum Gasteiger partial charge on any atom is 0.416 e. The number of nitrogens with zero attached hydrogens (tertiary/aromatic N) is 7. The summed E-state index contributed by atoms with van der Waals surface area (Å²) in [7, 11) is 1.89.